The Morgan fingerprint density at radius 3 is 1.89 bits per heavy atom. The number of amides is 2. The molecule has 1 aliphatic heterocycles. The zero-order valence-electron chi connectivity index (χ0n) is 8.66. The molecule has 0 bridgehead atoms. The molecule has 0 aromatic heterocycles. The molecule has 1 aliphatic rings. The molecule has 0 radical (unpaired) electrons. The number of hydrogen-bond acceptors (Lipinski definition) is 4. The SMILES string of the molecule is O=C1c2ccccc2C(=O)N1CCS(=O)(=O)O.[KH]. The van der Waals surface area contributed by atoms with Gasteiger partial charge in [0, 0.05) is 6.54 Å². The zero-order valence-corrected chi connectivity index (χ0v) is 9.48. The van der Waals surface area contributed by atoms with Crippen molar-refractivity contribution < 1.29 is 22.6 Å². The summed E-state index contributed by atoms with van der Waals surface area (Å²) in [5.41, 5.74) is 0.515. The zero-order chi connectivity index (χ0) is 12.6. The van der Waals surface area contributed by atoms with E-state index in [4.69, 9.17) is 4.55 Å². The van der Waals surface area contributed by atoms with E-state index in [0.29, 0.717) is 0 Å². The molecule has 8 heteroatoms. The van der Waals surface area contributed by atoms with Crippen molar-refractivity contribution in [2.75, 3.05) is 12.3 Å². The van der Waals surface area contributed by atoms with Gasteiger partial charge in [0.05, 0.1) is 16.9 Å². The molecule has 0 fully saturated rings. The van der Waals surface area contributed by atoms with E-state index < -0.39 is 27.7 Å². The Bertz CT molecular complexity index is 563. The molecule has 2 rings (SSSR count). The van der Waals surface area contributed by atoms with Gasteiger partial charge in [-0.2, -0.15) is 8.42 Å². The molecule has 2 amide bonds. The molecular formula is C10H10KNO5S. The van der Waals surface area contributed by atoms with E-state index in [9.17, 15) is 18.0 Å². The fraction of sp³-hybridized carbons (Fsp3) is 0.200. The van der Waals surface area contributed by atoms with E-state index in [1.807, 2.05) is 0 Å². The Morgan fingerprint density at radius 1 is 1.06 bits per heavy atom. The fourth-order valence-corrected chi connectivity index (χ4v) is 2.06. The second kappa shape index (κ2) is 5.91. The van der Waals surface area contributed by atoms with Gasteiger partial charge in [-0.25, -0.2) is 0 Å². The van der Waals surface area contributed by atoms with E-state index >= 15 is 0 Å². The topological polar surface area (TPSA) is 91.8 Å². The molecule has 0 unspecified atom stereocenters. The Balaban J connectivity index is 0.00000162. The van der Waals surface area contributed by atoms with Gasteiger partial charge in [0.25, 0.3) is 21.9 Å². The van der Waals surface area contributed by atoms with Gasteiger partial charge in [-0.1, -0.05) is 12.1 Å². The number of hydrogen-bond donors (Lipinski definition) is 1. The molecule has 0 saturated heterocycles. The van der Waals surface area contributed by atoms with Crippen molar-refractivity contribution in [1.29, 1.82) is 0 Å². The van der Waals surface area contributed by atoms with Crippen molar-refractivity contribution in [3.05, 3.63) is 35.4 Å². The molecule has 6 nitrogen and oxygen atoms in total. The first-order valence-corrected chi connectivity index (χ1v) is 6.41. The molecule has 18 heavy (non-hydrogen) atoms. The first kappa shape index (κ1) is 16.0. The summed E-state index contributed by atoms with van der Waals surface area (Å²) in [5, 5.41) is 0. The summed E-state index contributed by atoms with van der Waals surface area (Å²) in [6, 6.07) is 6.25. The van der Waals surface area contributed by atoms with E-state index in [1.165, 1.54) is 12.1 Å². The number of carbonyl (C=O) groups excluding carboxylic acids is 2. The third kappa shape index (κ3) is 3.26. The van der Waals surface area contributed by atoms with Gasteiger partial charge in [-0.15, -0.1) is 0 Å². The van der Waals surface area contributed by atoms with Crippen LogP contribution in [0.3, 0.4) is 0 Å². The molecule has 0 spiro atoms. The summed E-state index contributed by atoms with van der Waals surface area (Å²) >= 11 is 0. The predicted molar refractivity (Wildman–Crippen MR) is 65.4 cm³/mol. The normalized spacial score (nSPS) is 14.4. The van der Waals surface area contributed by atoms with Crippen LogP contribution >= 0.6 is 0 Å². The predicted octanol–water partition coefficient (Wildman–Crippen LogP) is -0.478. The van der Waals surface area contributed by atoms with Crippen LogP contribution in [0.15, 0.2) is 24.3 Å². The van der Waals surface area contributed by atoms with Crippen molar-refractivity contribution in [3.63, 3.8) is 0 Å². The fourth-order valence-electron chi connectivity index (χ4n) is 1.65. The third-order valence-corrected chi connectivity index (χ3v) is 3.15. The van der Waals surface area contributed by atoms with E-state index in [-0.39, 0.29) is 69.1 Å². The first-order chi connectivity index (χ1) is 7.90. The van der Waals surface area contributed by atoms with Gasteiger partial charge >= 0.3 is 51.4 Å². The van der Waals surface area contributed by atoms with Crippen molar-refractivity contribution in [2.24, 2.45) is 0 Å². The maximum absolute atomic E-state index is 11.8. The number of fused-ring (bicyclic) bond motifs is 1. The number of imide groups is 1. The Hall–Kier alpha value is -0.0936. The summed E-state index contributed by atoms with van der Waals surface area (Å²) in [4.78, 5) is 24.3. The number of benzene rings is 1. The van der Waals surface area contributed by atoms with E-state index in [0.717, 1.165) is 4.90 Å². The minimum absolute atomic E-state index is 0. The van der Waals surface area contributed by atoms with Crippen LogP contribution in [0, 0.1) is 0 Å². The average molecular weight is 295 g/mol. The molecule has 1 aromatic rings. The van der Waals surface area contributed by atoms with Crippen LogP contribution in [0.2, 0.25) is 0 Å². The quantitative estimate of drug-likeness (QED) is 0.462. The molecule has 0 atom stereocenters. The second-order valence-electron chi connectivity index (χ2n) is 3.59. The van der Waals surface area contributed by atoms with Crippen molar-refractivity contribution in [1.82, 2.24) is 4.90 Å². The van der Waals surface area contributed by atoms with Gasteiger partial charge in [-0.3, -0.25) is 19.0 Å². The van der Waals surface area contributed by atoms with E-state index in [2.05, 4.69) is 0 Å². The number of nitrogens with zero attached hydrogens (tertiary/aromatic N) is 1. The van der Waals surface area contributed by atoms with Crippen LogP contribution in [0.4, 0.5) is 0 Å². The molecule has 0 saturated carbocycles. The minimum atomic E-state index is -4.19. The summed E-state index contributed by atoms with van der Waals surface area (Å²) in [6.07, 6.45) is 0. The van der Waals surface area contributed by atoms with Crippen LogP contribution in [-0.2, 0) is 10.1 Å². The number of carbonyl (C=O) groups is 2. The molecule has 0 aliphatic carbocycles. The third-order valence-electron chi connectivity index (χ3n) is 2.45. The Morgan fingerprint density at radius 2 is 1.50 bits per heavy atom. The Kier molecular flexibility index (Phi) is 5.24. The molecule has 92 valence electrons. The van der Waals surface area contributed by atoms with Gasteiger partial charge < -0.3 is 0 Å². The van der Waals surface area contributed by atoms with Crippen LogP contribution < -0.4 is 0 Å². The molecule has 1 heterocycles. The van der Waals surface area contributed by atoms with E-state index in [1.54, 1.807) is 12.1 Å². The Labute approximate surface area is 147 Å². The van der Waals surface area contributed by atoms with Crippen molar-refractivity contribution in [2.45, 2.75) is 0 Å². The van der Waals surface area contributed by atoms with Crippen LogP contribution in [-0.4, -0.2) is 93.4 Å². The second-order valence-corrected chi connectivity index (χ2v) is 5.17. The standard InChI is InChI=1S/C10H9NO5S.K.H/c12-9-7-3-1-2-4-8(7)10(13)11(9)5-6-17(14,15)16;;/h1-4H,5-6H2,(H,14,15,16);;. The summed E-state index contributed by atoms with van der Waals surface area (Å²) < 4.78 is 29.8. The van der Waals surface area contributed by atoms with Crippen molar-refractivity contribution >= 4 is 73.3 Å². The van der Waals surface area contributed by atoms with Crippen LogP contribution in [0.1, 0.15) is 20.7 Å². The monoisotopic (exact) mass is 295 g/mol. The maximum atomic E-state index is 11.8. The van der Waals surface area contributed by atoms with Crippen LogP contribution in [0.25, 0.3) is 0 Å². The average Bonchev–Trinajstić information content (AvgIpc) is 2.49. The first-order valence-electron chi connectivity index (χ1n) is 4.80. The van der Waals surface area contributed by atoms with Gasteiger partial charge in [0.2, 0.25) is 0 Å². The van der Waals surface area contributed by atoms with Gasteiger partial charge in [0.1, 0.15) is 0 Å². The van der Waals surface area contributed by atoms with Crippen molar-refractivity contribution in [3.8, 4) is 0 Å². The van der Waals surface area contributed by atoms with Gasteiger partial charge in [-0.05, 0) is 12.1 Å². The van der Waals surface area contributed by atoms with Crippen LogP contribution in [0.5, 0.6) is 0 Å². The summed E-state index contributed by atoms with van der Waals surface area (Å²) in [6.45, 7) is -0.342. The molecule has 1 N–H and O–H groups in total. The molecular weight excluding hydrogens is 285 g/mol. The molecule has 1 aromatic carbocycles. The summed E-state index contributed by atoms with van der Waals surface area (Å²) in [7, 11) is -4.19. The van der Waals surface area contributed by atoms with Gasteiger partial charge in [0.15, 0.2) is 0 Å². The summed E-state index contributed by atoms with van der Waals surface area (Å²) in [5.74, 6) is -1.72. The number of rotatable bonds is 3.